The molecule has 2 fully saturated rings. The van der Waals surface area contributed by atoms with Crippen LogP contribution in [0.3, 0.4) is 0 Å². The maximum absolute atomic E-state index is 13.1. The Hall–Kier alpha value is -2.29. The summed E-state index contributed by atoms with van der Waals surface area (Å²) < 4.78 is 27.1. The van der Waals surface area contributed by atoms with Gasteiger partial charge in [0.2, 0.25) is 10.0 Å². The summed E-state index contributed by atoms with van der Waals surface area (Å²) in [7, 11) is -1.52. The lowest BCUT2D eigenvalue weighted by atomic mass is 9.72. The van der Waals surface area contributed by atoms with Gasteiger partial charge in [-0.1, -0.05) is 37.6 Å². The van der Waals surface area contributed by atoms with E-state index in [0.29, 0.717) is 30.0 Å². The number of likely N-dealkylation sites (N-methyl/N-ethyl adjacent to an activating group) is 1. The van der Waals surface area contributed by atoms with Crippen LogP contribution in [0.5, 0.6) is 0 Å². The highest BCUT2D eigenvalue weighted by Gasteiger charge is 2.40. The summed E-state index contributed by atoms with van der Waals surface area (Å²) >= 11 is 6.37. The highest BCUT2D eigenvalue weighted by atomic mass is 35.5. The van der Waals surface area contributed by atoms with Crippen molar-refractivity contribution in [1.29, 1.82) is 0 Å². The minimum atomic E-state index is -3.66. The Bertz CT molecular complexity index is 1250. The zero-order valence-corrected chi connectivity index (χ0v) is 22.0. The minimum absolute atomic E-state index is 0.0600. The third-order valence-electron chi connectivity index (χ3n) is 7.42. The summed E-state index contributed by atoms with van der Waals surface area (Å²) in [6, 6.07) is 12.0. The molecule has 0 bridgehead atoms. The van der Waals surface area contributed by atoms with Gasteiger partial charge in [-0.25, -0.2) is 13.1 Å². The first-order valence-corrected chi connectivity index (χ1v) is 14.1. The number of rotatable bonds is 5. The van der Waals surface area contributed by atoms with E-state index in [-0.39, 0.29) is 17.0 Å². The number of nitrogens with zero attached hydrogens (tertiary/aromatic N) is 2. The number of carbonyl (C=O) groups excluding carboxylic acids is 1. The Morgan fingerprint density at radius 1 is 1.11 bits per heavy atom. The average Bonchev–Trinajstić information content (AvgIpc) is 3.64. The van der Waals surface area contributed by atoms with Crippen LogP contribution in [0.25, 0.3) is 0 Å². The number of hydrogen-bond donors (Lipinski definition) is 2. The number of carbonyl (C=O) groups is 1. The van der Waals surface area contributed by atoms with Crippen LogP contribution >= 0.6 is 11.6 Å². The van der Waals surface area contributed by atoms with Crippen molar-refractivity contribution < 1.29 is 13.2 Å². The number of piperazine rings is 1. The van der Waals surface area contributed by atoms with Crippen LogP contribution < -0.4 is 14.9 Å². The molecule has 0 aromatic heterocycles. The van der Waals surface area contributed by atoms with E-state index in [0.717, 1.165) is 37.3 Å². The quantitative estimate of drug-likeness (QED) is 0.624. The second kappa shape index (κ2) is 8.98. The Morgan fingerprint density at radius 3 is 2.51 bits per heavy atom. The molecule has 1 saturated carbocycles. The molecule has 9 heteroatoms. The molecule has 1 unspecified atom stereocenters. The molecule has 1 atom stereocenters. The van der Waals surface area contributed by atoms with Gasteiger partial charge >= 0.3 is 0 Å². The number of sulfonamides is 1. The van der Waals surface area contributed by atoms with Crippen LogP contribution in [0.2, 0.25) is 5.02 Å². The first-order valence-electron chi connectivity index (χ1n) is 12.2. The van der Waals surface area contributed by atoms with E-state index >= 15 is 0 Å². The molecule has 1 aliphatic carbocycles. The molecule has 1 amide bonds. The second-order valence-corrected chi connectivity index (χ2v) is 13.2. The lowest BCUT2D eigenvalue weighted by Gasteiger charge is -2.42. The molecule has 7 nitrogen and oxygen atoms in total. The summed E-state index contributed by atoms with van der Waals surface area (Å²) in [5, 5.41) is 3.56. The summed E-state index contributed by atoms with van der Waals surface area (Å²) in [5.74, 6) is -0.632. The smallest absolute Gasteiger partial charge is 0.266 e. The average molecular weight is 517 g/mol. The van der Waals surface area contributed by atoms with Crippen LogP contribution in [0.1, 0.15) is 54.2 Å². The van der Waals surface area contributed by atoms with Gasteiger partial charge in [0.15, 0.2) is 0 Å². The van der Waals surface area contributed by atoms with E-state index in [4.69, 9.17) is 11.6 Å². The van der Waals surface area contributed by atoms with Gasteiger partial charge in [-0.2, -0.15) is 0 Å². The van der Waals surface area contributed by atoms with Crippen molar-refractivity contribution in [3.05, 3.63) is 58.1 Å². The van der Waals surface area contributed by atoms with Gasteiger partial charge in [0.1, 0.15) is 0 Å². The molecule has 0 spiro atoms. The van der Waals surface area contributed by atoms with Gasteiger partial charge < -0.3 is 15.1 Å². The SMILES string of the molecule is CN1CCN(c2cccc(C3Nc4c(cc(Cl)cc4C(=O)NS(=O)(=O)C4CC4)CC3(C)C)c2)CC1. The third kappa shape index (κ3) is 5.01. The molecule has 3 aliphatic rings. The van der Waals surface area contributed by atoms with E-state index in [1.165, 1.54) is 5.69 Å². The predicted octanol–water partition coefficient (Wildman–Crippen LogP) is 4.05. The van der Waals surface area contributed by atoms with Gasteiger partial charge in [-0.3, -0.25) is 4.79 Å². The van der Waals surface area contributed by atoms with Gasteiger partial charge in [0, 0.05) is 36.9 Å². The van der Waals surface area contributed by atoms with Gasteiger partial charge in [-0.15, -0.1) is 0 Å². The largest absolute Gasteiger partial charge is 0.377 e. The van der Waals surface area contributed by atoms with Crippen molar-refractivity contribution in [2.75, 3.05) is 43.4 Å². The summed E-state index contributed by atoms with van der Waals surface area (Å²) in [4.78, 5) is 17.9. The zero-order valence-electron chi connectivity index (χ0n) is 20.5. The van der Waals surface area contributed by atoms with E-state index in [1.807, 2.05) is 6.07 Å². The fourth-order valence-electron chi connectivity index (χ4n) is 5.23. The van der Waals surface area contributed by atoms with Crippen LogP contribution in [0.4, 0.5) is 11.4 Å². The molecule has 1 saturated heterocycles. The Kier molecular flexibility index (Phi) is 6.26. The van der Waals surface area contributed by atoms with Crippen LogP contribution in [0, 0.1) is 5.41 Å². The molecular formula is C26H33ClN4O3S. The molecule has 2 aromatic carbocycles. The number of fused-ring (bicyclic) bond motifs is 1. The van der Waals surface area contributed by atoms with Crippen molar-refractivity contribution >= 4 is 38.9 Å². The lowest BCUT2D eigenvalue weighted by molar-refractivity contribution is 0.0981. The van der Waals surface area contributed by atoms with E-state index in [2.05, 4.69) is 65.0 Å². The van der Waals surface area contributed by atoms with Gasteiger partial charge in [0.25, 0.3) is 5.91 Å². The zero-order chi connectivity index (χ0) is 25.0. The fraction of sp³-hybridized carbons (Fsp3) is 0.500. The van der Waals surface area contributed by atoms with E-state index in [9.17, 15) is 13.2 Å². The number of nitrogens with one attached hydrogen (secondary N) is 2. The van der Waals surface area contributed by atoms with Crippen molar-refractivity contribution in [2.45, 2.75) is 44.4 Å². The van der Waals surface area contributed by atoms with Crippen molar-refractivity contribution in [1.82, 2.24) is 9.62 Å². The summed E-state index contributed by atoms with van der Waals surface area (Å²) in [6.45, 7) is 8.45. The number of anilines is 2. The molecular weight excluding hydrogens is 484 g/mol. The standard InChI is InChI=1S/C26H33ClN4O3S/c1-26(2)16-18-13-19(27)15-22(25(32)29-35(33,34)21-7-8-21)23(18)28-24(26)17-5-4-6-20(14-17)31-11-9-30(3)10-12-31/h4-6,13-15,21,24,28H,7-12,16H2,1-3H3,(H,29,32). The van der Waals surface area contributed by atoms with Crippen LogP contribution in [-0.4, -0.2) is 57.7 Å². The summed E-state index contributed by atoms with van der Waals surface area (Å²) in [5.41, 5.74) is 4.03. The van der Waals surface area contributed by atoms with Crippen LogP contribution in [0.15, 0.2) is 36.4 Å². The summed E-state index contributed by atoms with van der Waals surface area (Å²) in [6.07, 6.45) is 1.89. The molecule has 188 valence electrons. The second-order valence-electron chi connectivity index (χ2n) is 10.8. The number of amides is 1. The van der Waals surface area contributed by atoms with E-state index in [1.54, 1.807) is 6.07 Å². The van der Waals surface area contributed by atoms with Crippen molar-refractivity contribution in [2.24, 2.45) is 5.41 Å². The Labute approximate surface area is 212 Å². The normalized spacial score (nSPS) is 22.3. The molecule has 2 N–H and O–H groups in total. The monoisotopic (exact) mass is 516 g/mol. The first-order chi connectivity index (χ1) is 16.5. The van der Waals surface area contributed by atoms with E-state index < -0.39 is 21.2 Å². The van der Waals surface area contributed by atoms with Crippen molar-refractivity contribution in [3.63, 3.8) is 0 Å². The third-order valence-corrected chi connectivity index (χ3v) is 9.45. The molecule has 2 aromatic rings. The van der Waals surface area contributed by atoms with Gasteiger partial charge in [-0.05, 0) is 67.1 Å². The molecule has 2 aliphatic heterocycles. The Balaban J connectivity index is 1.47. The maximum Gasteiger partial charge on any atom is 0.266 e. The molecule has 0 radical (unpaired) electrons. The highest BCUT2D eigenvalue weighted by molar-refractivity contribution is 7.91. The maximum atomic E-state index is 13.1. The molecule has 35 heavy (non-hydrogen) atoms. The highest BCUT2D eigenvalue weighted by Crippen LogP contribution is 2.47. The van der Waals surface area contributed by atoms with Crippen LogP contribution in [-0.2, 0) is 16.4 Å². The number of benzene rings is 2. The Morgan fingerprint density at radius 2 is 1.83 bits per heavy atom. The molecule has 5 rings (SSSR count). The first kappa shape index (κ1) is 24.4. The lowest BCUT2D eigenvalue weighted by Crippen LogP contribution is -2.44. The minimum Gasteiger partial charge on any atom is -0.377 e. The van der Waals surface area contributed by atoms with Gasteiger partial charge in [0.05, 0.1) is 22.5 Å². The predicted molar refractivity (Wildman–Crippen MR) is 141 cm³/mol. The fourth-order valence-corrected chi connectivity index (χ4v) is 6.76. The molecule has 2 heterocycles. The van der Waals surface area contributed by atoms with Crippen molar-refractivity contribution in [3.8, 4) is 0 Å². The number of hydrogen-bond acceptors (Lipinski definition) is 6. The number of halogens is 1. The topological polar surface area (TPSA) is 81.8 Å².